The Hall–Kier alpha value is -1.51. The summed E-state index contributed by atoms with van der Waals surface area (Å²) in [7, 11) is 0. The first-order chi connectivity index (χ1) is 9.63. The summed E-state index contributed by atoms with van der Waals surface area (Å²) in [5, 5.41) is 13.5. The molecule has 0 amide bonds. The molecule has 2 aromatic rings. The molecule has 0 radical (unpaired) electrons. The van der Waals surface area contributed by atoms with Crippen LogP contribution in [0.5, 0.6) is 5.75 Å². The van der Waals surface area contributed by atoms with Crippen LogP contribution in [-0.4, -0.2) is 17.7 Å². The van der Waals surface area contributed by atoms with Crippen LogP contribution in [0.1, 0.15) is 18.1 Å². The highest BCUT2D eigenvalue weighted by Gasteiger charge is 2.03. The van der Waals surface area contributed by atoms with E-state index in [1.54, 1.807) is 12.1 Å². The molecule has 1 unspecified atom stereocenters. The predicted octanol–water partition coefficient (Wildman–Crippen LogP) is 3.81. The van der Waals surface area contributed by atoms with Crippen LogP contribution in [-0.2, 0) is 12.8 Å². The highest BCUT2D eigenvalue weighted by atomic mass is 35.5. The number of halogens is 1. The number of nitrogens with one attached hydrogen (secondary N) is 1. The van der Waals surface area contributed by atoms with Gasteiger partial charge in [0, 0.05) is 11.1 Å². The molecule has 106 valence electrons. The summed E-state index contributed by atoms with van der Waals surface area (Å²) in [6.07, 6.45) is 1.96. The number of hydrogen-bond donors (Lipinski definition) is 2. The van der Waals surface area contributed by atoms with Gasteiger partial charge in [-0.05, 0) is 61.7 Å². The molecule has 1 atom stereocenters. The second-order valence-electron chi connectivity index (χ2n) is 5.10. The van der Waals surface area contributed by atoms with Crippen molar-refractivity contribution in [3.05, 3.63) is 64.7 Å². The molecule has 2 aromatic carbocycles. The van der Waals surface area contributed by atoms with Gasteiger partial charge < -0.3 is 10.4 Å². The van der Waals surface area contributed by atoms with Gasteiger partial charge in [-0.3, -0.25) is 0 Å². The molecule has 2 rings (SSSR count). The minimum Gasteiger partial charge on any atom is -0.508 e. The number of hydrogen-bond acceptors (Lipinski definition) is 2. The van der Waals surface area contributed by atoms with Crippen molar-refractivity contribution in [2.24, 2.45) is 0 Å². The number of rotatable bonds is 6. The molecule has 2 nitrogen and oxygen atoms in total. The largest absolute Gasteiger partial charge is 0.508 e. The zero-order valence-electron chi connectivity index (χ0n) is 11.6. The molecule has 0 aliphatic rings. The first-order valence-corrected chi connectivity index (χ1v) is 7.27. The van der Waals surface area contributed by atoms with Gasteiger partial charge in [0.2, 0.25) is 0 Å². The highest BCUT2D eigenvalue weighted by Crippen LogP contribution is 2.12. The zero-order chi connectivity index (χ0) is 14.4. The van der Waals surface area contributed by atoms with Gasteiger partial charge in [-0.1, -0.05) is 35.9 Å². The average Bonchev–Trinajstić information content (AvgIpc) is 2.44. The third kappa shape index (κ3) is 4.87. The zero-order valence-corrected chi connectivity index (χ0v) is 12.4. The topological polar surface area (TPSA) is 32.3 Å². The molecule has 0 saturated carbocycles. The van der Waals surface area contributed by atoms with E-state index in [1.807, 2.05) is 24.3 Å². The van der Waals surface area contributed by atoms with E-state index in [0.717, 1.165) is 24.4 Å². The van der Waals surface area contributed by atoms with Crippen molar-refractivity contribution in [3.8, 4) is 5.75 Å². The van der Waals surface area contributed by atoms with E-state index in [1.165, 1.54) is 11.1 Å². The summed E-state index contributed by atoms with van der Waals surface area (Å²) < 4.78 is 0. The van der Waals surface area contributed by atoms with Crippen LogP contribution in [0, 0.1) is 0 Å². The number of benzene rings is 2. The Morgan fingerprint density at radius 3 is 2.25 bits per heavy atom. The molecule has 0 aliphatic heterocycles. The van der Waals surface area contributed by atoms with Crippen LogP contribution >= 0.6 is 11.6 Å². The monoisotopic (exact) mass is 289 g/mol. The molecule has 0 fully saturated rings. The van der Waals surface area contributed by atoms with Crippen molar-refractivity contribution in [2.45, 2.75) is 25.8 Å². The number of aromatic hydroxyl groups is 1. The lowest BCUT2D eigenvalue weighted by molar-refractivity contribution is 0.474. The Bertz CT molecular complexity index is 522. The van der Waals surface area contributed by atoms with Crippen LogP contribution in [0.25, 0.3) is 0 Å². The average molecular weight is 290 g/mol. The third-order valence-electron chi connectivity index (χ3n) is 3.30. The van der Waals surface area contributed by atoms with Crippen LogP contribution in [0.2, 0.25) is 5.02 Å². The quantitative estimate of drug-likeness (QED) is 0.847. The van der Waals surface area contributed by atoms with E-state index < -0.39 is 0 Å². The fourth-order valence-corrected chi connectivity index (χ4v) is 2.30. The summed E-state index contributed by atoms with van der Waals surface area (Å²) in [4.78, 5) is 0. The second-order valence-corrected chi connectivity index (χ2v) is 5.54. The van der Waals surface area contributed by atoms with Crippen molar-refractivity contribution in [2.75, 3.05) is 6.54 Å². The minimum atomic E-state index is 0.317. The van der Waals surface area contributed by atoms with Crippen molar-refractivity contribution in [1.82, 2.24) is 5.32 Å². The van der Waals surface area contributed by atoms with Crippen molar-refractivity contribution in [3.63, 3.8) is 0 Å². The van der Waals surface area contributed by atoms with Gasteiger partial charge in [0.1, 0.15) is 5.75 Å². The molecule has 2 N–H and O–H groups in total. The van der Waals surface area contributed by atoms with E-state index >= 15 is 0 Å². The molecule has 0 aromatic heterocycles. The predicted molar refractivity (Wildman–Crippen MR) is 84.4 cm³/mol. The Morgan fingerprint density at radius 2 is 1.60 bits per heavy atom. The van der Waals surface area contributed by atoms with Crippen molar-refractivity contribution >= 4 is 11.6 Å². The minimum absolute atomic E-state index is 0.317. The van der Waals surface area contributed by atoms with E-state index in [9.17, 15) is 5.11 Å². The molecule has 0 saturated heterocycles. The third-order valence-corrected chi connectivity index (χ3v) is 3.55. The number of phenolic OH excluding ortho intramolecular Hbond substituents is 1. The fraction of sp³-hybridized carbons (Fsp3) is 0.294. The van der Waals surface area contributed by atoms with Crippen LogP contribution in [0.4, 0.5) is 0 Å². The summed E-state index contributed by atoms with van der Waals surface area (Å²) >= 11 is 5.86. The SMILES string of the molecule is CC(Cc1ccc(O)cc1)NCCc1ccc(Cl)cc1. The molecule has 0 heterocycles. The van der Waals surface area contributed by atoms with Crippen molar-refractivity contribution < 1.29 is 5.11 Å². The second kappa shape index (κ2) is 7.32. The Morgan fingerprint density at radius 1 is 1.00 bits per heavy atom. The maximum atomic E-state index is 9.25. The smallest absolute Gasteiger partial charge is 0.115 e. The maximum Gasteiger partial charge on any atom is 0.115 e. The van der Waals surface area contributed by atoms with E-state index in [2.05, 4.69) is 24.4 Å². The molecular weight excluding hydrogens is 270 g/mol. The van der Waals surface area contributed by atoms with Gasteiger partial charge in [0.15, 0.2) is 0 Å². The Kier molecular flexibility index (Phi) is 5.45. The first-order valence-electron chi connectivity index (χ1n) is 6.89. The molecule has 0 aliphatic carbocycles. The Labute approximate surface area is 125 Å². The summed E-state index contributed by atoms with van der Waals surface area (Å²) in [5.41, 5.74) is 2.52. The fourth-order valence-electron chi connectivity index (χ4n) is 2.17. The molecular formula is C17H20ClNO. The normalized spacial score (nSPS) is 12.3. The summed E-state index contributed by atoms with van der Waals surface area (Å²) in [6.45, 7) is 3.12. The van der Waals surface area contributed by atoms with Crippen LogP contribution < -0.4 is 5.32 Å². The van der Waals surface area contributed by atoms with Crippen molar-refractivity contribution in [1.29, 1.82) is 0 Å². The summed E-state index contributed by atoms with van der Waals surface area (Å²) in [5.74, 6) is 0.317. The van der Waals surface area contributed by atoms with Gasteiger partial charge >= 0.3 is 0 Å². The van der Waals surface area contributed by atoms with E-state index in [-0.39, 0.29) is 0 Å². The maximum absolute atomic E-state index is 9.25. The molecule has 3 heteroatoms. The van der Waals surface area contributed by atoms with E-state index in [0.29, 0.717) is 11.8 Å². The summed E-state index contributed by atoms with van der Waals surface area (Å²) in [6, 6.07) is 15.8. The van der Waals surface area contributed by atoms with Gasteiger partial charge in [-0.2, -0.15) is 0 Å². The van der Waals surface area contributed by atoms with Crippen LogP contribution in [0.3, 0.4) is 0 Å². The first kappa shape index (κ1) is 14.9. The van der Waals surface area contributed by atoms with Gasteiger partial charge in [0.25, 0.3) is 0 Å². The van der Waals surface area contributed by atoms with Gasteiger partial charge in [-0.25, -0.2) is 0 Å². The Balaban J connectivity index is 1.73. The molecule has 0 spiro atoms. The van der Waals surface area contributed by atoms with Gasteiger partial charge in [0.05, 0.1) is 0 Å². The number of phenols is 1. The van der Waals surface area contributed by atoms with Gasteiger partial charge in [-0.15, -0.1) is 0 Å². The lowest BCUT2D eigenvalue weighted by Gasteiger charge is -2.14. The lowest BCUT2D eigenvalue weighted by atomic mass is 10.1. The van der Waals surface area contributed by atoms with E-state index in [4.69, 9.17) is 11.6 Å². The highest BCUT2D eigenvalue weighted by molar-refractivity contribution is 6.30. The lowest BCUT2D eigenvalue weighted by Crippen LogP contribution is -2.29. The standard InChI is InChI=1S/C17H20ClNO/c1-13(12-15-4-8-17(20)9-5-15)19-11-10-14-2-6-16(18)7-3-14/h2-9,13,19-20H,10-12H2,1H3. The molecule has 20 heavy (non-hydrogen) atoms. The van der Waals surface area contributed by atoms with Crippen LogP contribution in [0.15, 0.2) is 48.5 Å². The molecule has 0 bridgehead atoms.